The molecule has 0 bridgehead atoms. The Morgan fingerprint density at radius 1 is 1.32 bits per heavy atom. The summed E-state index contributed by atoms with van der Waals surface area (Å²) in [5.41, 5.74) is 7.93. The summed E-state index contributed by atoms with van der Waals surface area (Å²) in [6.07, 6.45) is 1.10. The monoisotopic (exact) mass is 303 g/mol. The van der Waals surface area contributed by atoms with Crippen molar-refractivity contribution in [3.05, 3.63) is 16.8 Å². The van der Waals surface area contributed by atoms with Crippen LogP contribution in [-0.2, 0) is 10.0 Å². The van der Waals surface area contributed by atoms with Crippen LogP contribution in [0.4, 0.5) is 5.82 Å². The first-order valence-electron chi connectivity index (χ1n) is 5.54. The summed E-state index contributed by atoms with van der Waals surface area (Å²) in [6, 6.07) is 0. The molecule has 1 aromatic heterocycles. The van der Waals surface area contributed by atoms with Gasteiger partial charge in [0.15, 0.2) is 5.82 Å². The van der Waals surface area contributed by atoms with Gasteiger partial charge in [0.2, 0.25) is 10.0 Å². The van der Waals surface area contributed by atoms with Gasteiger partial charge in [-0.25, -0.2) is 13.1 Å². The number of anilines is 1. The standard InChI is InChI=1S/C10H17N5O2S2/c1-6-7(2)14-15-10(8(6)9(11)18)12-4-5-13-19(3,16)17/h13H,4-5H2,1-3H3,(H2,11,18)(H,12,15). The number of nitrogens with one attached hydrogen (secondary N) is 2. The van der Waals surface area contributed by atoms with Crippen LogP contribution in [0.2, 0.25) is 0 Å². The van der Waals surface area contributed by atoms with Crippen LogP contribution >= 0.6 is 12.2 Å². The number of aromatic nitrogens is 2. The van der Waals surface area contributed by atoms with Crippen LogP contribution in [0.1, 0.15) is 16.8 Å². The number of rotatable bonds is 6. The van der Waals surface area contributed by atoms with E-state index in [9.17, 15) is 8.42 Å². The molecule has 9 heteroatoms. The molecule has 4 N–H and O–H groups in total. The Bertz CT molecular complexity index is 586. The molecule has 0 spiro atoms. The molecule has 7 nitrogen and oxygen atoms in total. The van der Waals surface area contributed by atoms with Crippen molar-refractivity contribution in [3.8, 4) is 0 Å². The first-order chi connectivity index (χ1) is 8.72. The molecule has 1 heterocycles. The molecule has 0 radical (unpaired) electrons. The lowest BCUT2D eigenvalue weighted by molar-refractivity contribution is 0.589. The van der Waals surface area contributed by atoms with E-state index in [0.717, 1.165) is 17.5 Å². The molecule has 19 heavy (non-hydrogen) atoms. The zero-order valence-electron chi connectivity index (χ0n) is 11.0. The SMILES string of the molecule is Cc1nnc(NCCNS(C)(=O)=O)c(C(N)=S)c1C. The van der Waals surface area contributed by atoms with Crippen LogP contribution in [0.25, 0.3) is 0 Å². The minimum atomic E-state index is -3.20. The molecule has 0 aliphatic carbocycles. The predicted octanol–water partition coefficient (Wildman–Crippen LogP) is -0.311. The van der Waals surface area contributed by atoms with Crippen molar-refractivity contribution in [2.45, 2.75) is 13.8 Å². The van der Waals surface area contributed by atoms with Gasteiger partial charge in [-0.15, -0.1) is 5.10 Å². The number of nitrogens with zero attached hydrogens (tertiary/aromatic N) is 2. The fourth-order valence-electron chi connectivity index (χ4n) is 1.45. The van der Waals surface area contributed by atoms with E-state index in [2.05, 4.69) is 20.2 Å². The molecule has 0 amide bonds. The van der Waals surface area contributed by atoms with Crippen LogP contribution in [0, 0.1) is 13.8 Å². The van der Waals surface area contributed by atoms with Gasteiger partial charge >= 0.3 is 0 Å². The minimum absolute atomic E-state index is 0.231. The molecular weight excluding hydrogens is 286 g/mol. The number of nitrogens with two attached hydrogens (primary N) is 1. The van der Waals surface area contributed by atoms with Gasteiger partial charge in [-0.05, 0) is 19.4 Å². The molecule has 0 aromatic carbocycles. The van der Waals surface area contributed by atoms with Gasteiger partial charge in [0.25, 0.3) is 0 Å². The normalized spacial score (nSPS) is 11.3. The van der Waals surface area contributed by atoms with E-state index in [1.165, 1.54) is 0 Å². The molecule has 0 unspecified atom stereocenters. The number of hydrogen-bond donors (Lipinski definition) is 3. The number of thiocarbonyl (C=S) groups is 1. The van der Waals surface area contributed by atoms with Crippen LogP contribution < -0.4 is 15.8 Å². The van der Waals surface area contributed by atoms with Crippen LogP contribution in [0.5, 0.6) is 0 Å². The van der Waals surface area contributed by atoms with E-state index < -0.39 is 10.0 Å². The van der Waals surface area contributed by atoms with Gasteiger partial charge in [-0.3, -0.25) is 0 Å². The molecule has 1 rings (SSSR count). The second-order valence-corrected chi connectivity index (χ2v) is 6.36. The Morgan fingerprint density at radius 3 is 2.47 bits per heavy atom. The largest absolute Gasteiger partial charge is 0.389 e. The first-order valence-corrected chi connectivity index (χ1v) is 7.84. The lowest BCUT2D eigenvalue weighted by Gasteiger charge is -2.13. The van der Waals surface area contributed by atoms with E-state index in [1.54, 1.807) is 0 Å². The Morgan fingerprint density at radius 2 is 1.95 bits per heavy atom. The first kappa shape index (κ1) is 15.7. The molecule has 0 saturated carbocycles. The Kier molecular flexibility index (Phi) is 5.15. The minimum Gasteiger partial charge on any atom is -0.389 e. The number of aryl methyl sites for hydroxylation is 1. The Labute approximate surface area is 118 Å². The molecule has 0 aliphatic rings. The summed E-state index contributed by atoms with van der Waals surface area (Å²) < 4.78 is 24.2. The summed E-state index contributed by atoms with van der Waals surface area (Å²) in [5.74, 6) is 0.464. The Balaban J connectivity index is 2.79. The quantitative estimate of drug-likeness (QED) is 0.488. The maximum absolute atomic E-state index is 10.9. The van der Waals surface area contributed by atoms with E-state index >= 15 is 0 Å². The van der Waals surface area contributed by atoms with Crippen molar-refractivity contribution in [1.29, 1.82) is 0 Å². The van der Waals surface area contributed by atoms with Crippen LogP contribution in [0.15, 0.2) is 0 Å². The maximum Gasteiger partial charge on any atom is 0.208 e. The highest BCUT2D eigenvalue weighted by atomic mass is 32.2. The topological polar surface area (TPSA) is 110 Å². The third-order valence-electron chi connectivity index (χ3n) is 2.48. The highest BCUT2D eigenvalue weighted by Crippen LogP contribution is 2.17. The third-order valence-corrected chi connectivity index (χ3v) is 3.42. The Hall–Kier alpha value is -1.32. The van der Waals surface area contributed by atoms with Crippen molar-refractivity contribution < 1.29 is 8.42 Å². The molecule has 106 valence electrons. The molecular formula is C10H17N5O2S2. The zero-order chi connectivity index (χ0) is 14.6. The van der Waals surface area contributed by atoms with E-state index in [4.69, 9.17) is 18.0 Å². The predicted molar refractivity (Wildman–Crippen MR) is 78.7 cm³/mol. The summed E-state index contributed by atoms with van der Waals surface area (Å²) in [5, 5.41) is 10.9. The zero-order valence-corrected chi connectivity index (χ0v) is 12.7. The summed E-state index contributed by atoms with van der Waals surface area (Å²) in [4.78, 5) is 0.231. The van der Waals surface area contributed by atoms with Crippen molar-refractivity contribution in [3.63, 3.8) is 0 Å². The van der Waals surface area contributed by atoms with Crippen molar-refractivity contribution in [2.75, 3.05) is 24.7 Å². The molecule has 0 atom stereocenters. The second-order valence-electron chi connectivity index (χ2n) is 4.09. The second kappa shape index (κ2) is 6.22. The van der Waals surface area contributed by atoms with Gasteiger partial charge in [-0.2, -0.15) is 5.10 Å². The number of hydrogen-bond acceptors (Lipinski definition) is 6. The average Bonchev–Trinajstić information content (AvgIpc) is 2.27. The van der Waals surface area contributed by atoms with Crippen molar-refractivity contribution >= 4 is 33.0 Å². The average molecular weight is 303 g/mol. The summed E-state index contributed by atoms with van der Waals surface area (Å²) in [6.45, 7) is 4.28. The van der Waals surface area contributed by atoms with Gasteiger partial charge in [-0.1, -0.05) is 12.2 Å². The maximum atomic E-state index is 10.9. The summed E-state index contributed by atoms with van der Waals surface area (Å²) >= 11 is 4.99. The third kappa shape index (κ3) is 4.69. The van der Waals surface area contributed by atoms with E-state index in [1.807, 2.05) is 13.8 Å². The van der Waals surface area contributed by atoms with Crippen LogP contribution in [0.3, 0.4) is 0 Å². The molecule has 1 aromatic rings. The lowest BCUT2D eigenvalue weighted by Crippen LogP contribution is -2.28. The number of sulfonamides is 1. The van der Waals surface area contributed by atoms with Gasteiger partial charge in [0.05, 0.1) is 17.5 Å². The molecule has 0 aliphatic heterocycles. The smallest absolute Gasteiger partial charge is 0.208 e. The van der Waals surface area contributed by atoms with Crippen molar-refractivity contribution in [2.24, 2.45) is 5.73 Å². The van der Waals surface area contributed by atoms with E-state index in [0.29, 0.717) is 17.9 Å². The van der Waals surface area contributed by atoms with Gasteiger partial charge in [0, 0.05) is 13.1 Å². The van der Waals surface area contributed by atoms with E-state index in [-0.39, 0.29) is 11.5 Å². The molecule has 0 saturated heterocycles. The fourth-order valence-corrected chi connectivity index (χ4v) is 2.17. The fraction of sp³-hybridized carbons (Fsp3) is 0.500. The highest BCUT2D eigenvalue weighted by molar-refractivity contribution is 7.88. The molecule has 0 fully saturated rings. The summed E-state index contributed by atoms with van der Waals surface area (Å²) in [7, 11) is -3.20. The van der Waals surface area contributed by atoms with Crippen molar-refractivity contribution in [1.82, 2.24) is 14.9 Å². The lowest BCUT2D eigenvalue weighted by atomic mass is 10.1. The highest BCUT2D eigenvalue weighted by Gasteiger charge is 2.13. The van der Waals surface area contributed by atoms with Gasteiger partial charge in [0.1, 0.15) is 4.99 Å². The van der Waals surface area contributed by atoms with Crippen LogP contribution in [-0.4, -0.2) is 42.9 Å². The van der Waals surface area contributed by atoms with Gasteiger partial charge < -0.3 is 11.1 Å².